The van der Waals surface area contributed by atoms with E-state index in [0.29, 0.717) is 12.1 Å². The lowest BCUT2D eigenvalue weighted by atomic mass is 9.98. The zero-order valence-corrected chi connectivity index (χ0v) is 16.5. The van der Waals surface area contributed by atoms with E-state index >= 15 is 0 Å². The Kier molecular flexibility index (Phi) is 7.60. The summed E-state index contributed by atoms with van der Waals surface area (Å²) in [5, 5.41) is 13.1. The van der Waals surface area contributed by atoms with Crippen LogP contribution in [-0.2, 0) is 16.0 Å². The fourth-order valence-corrected chi connectivity index (χ4v) is 3.50. The molecule has 0 spiro atoms. The first kappa shape index (κ1) is 20.5. The summed E-state index contributed by atoms with van der Waals surface area (Å²) in [4.78, 5) is 14.8. The Morgan fingerprint density at radius 1 is 1.07 bits per heavy atom. The zero-order chi connectivity index (χ0) is 19.8. The van der Waals surface area contributed by atoms with E-state index in [1.165, 1.54) is 5.56 Å². The van der Waals surface area contributed by atoms with Crippen molar-refractivity contribution in [1.82, 2.24) is 4.90 Å². The second-order valence-electron chi connectivity index (χ2n) is 7.51. The maximum Gasteiger partial charge on any atom is 0.256 e. The van der Waals surface area contributed by atoms with Gasteiger partial charge in [-0.25, -0.2) is 0 Å². The lowest BCUT2D eigenvalue weighted by molar-refractivity contribution is -0.153. The van der Waals surface area contributed by atoms with Gasteiger partial charge in [0.05, 0.1) is 12.2 Å². The average molecular weight is 383 g/mol. The average Bonchev–Trinajstić information content (AvgIpc) is 2.73. The zero-order valence-electron chi connectivity index (χ0n) is 16.5. The summed E-state index contributed by atoms with van der Waals surface area (Å²) >= 11 is 0. The number of para-hydroxylation sites is 1. The lowest BCUT2D eigenvalue weighted by Gasteiger charge is -2.33. The van der Waals surface area contributed by atoms with E-state index in [4.69, 9.17) is 4.74 Å². The van der Waals surface area contributed by atoms with Crippen LogP contribution >= 0.6 is 0 Å². The van der Waals surface area contributed by atoms with Crippen molar-refractivity contribution in [3.05, 3.63) is 66.2 Å². The van der Waals surface area contributed by atoms with Gasteiger partial charge < -0.3 is 20.1 Å². The Balaban J connectivity index is 1.44. The monoisotopic (exact) mass is 382 g/mol. The molecule has 150 valence electrons. The molecule has 0 saturated carbocycles. The molecule has 5 nitrogen and oxygen atoms in total. The topological polar surface area (TPSA) is 61.8 Å². The summed E-state index contributed by atoms with van der Waals surface area (Å²) in [7, 11) is 2.11. The van der Waals surface area contributed by atoms with Gasteiger partial charge in [0.25, 0.3) is 5.91 Å². The smallest absolute Gasteiger partial charge is 0.256 e. The van der Waals surface area contributed by atoms with Gasteiger partial charge in [0, 0.05) is 18.8 Å². The number of benzene rings is 2. The van der Waals surface area contributed by atoms with Crippen LogP contribution in [0.15, 0.2) is 60.7 Å². The molecule has 1 saturated heterocycles. The highest BCUT2D eigenvalue weighted by atomic mass is 16.5. The van der Waals surface area contributed by atoms with E-state index in [9.17, 15) is 9.90 Å². The lowest BCUT2D eigenvalue weighted by Crippen LogP contribution is -2.47. The maximum absolute atomic E-state index is 12.5. The molecule has 28 heavy (non-hydrogen) atoms. The van der Waals surface area contributed by atoms with Gasteiger partial charge in [-0.15, -0.1) is 0 Å². The third-order valence-corrected chi connectivity index (χ3v) is 5.23. The first-order valence-electron chi connectivity index (χ1n) is 10.0. The SMILES string of the molecule is CN(CCc1ccccc1)CCC1CCC(O)C(C(=O)Nc2ccccc2)O1. The molecule has 0 radical (unpaired) electrons. The Morgan fingerprint density at radius 3 is 2.46 bits per heavy atom. The van der Waals surface area contributed by atoms with Crippen molar-refractivity contribution in [2.75, 3.05) is 25.5 Å². The van der Waals surface area contributed by atoms with Crippen LogP contribution in [0.4, 0.5) is 5.69 Å². The molecule has 0 bridgehead atoms. The molecular weight excluding hydrogens is 352 g/mol. The highest BCUT2D eigenvalue weighted by Gasteiger charge is 2.35. The second-order valence-corrected chi connectivity index (χ2v) is 7.51. The molecule has 0 aliphatic carbocycles. The van der Waals surface area contributed by atoms with Crippen LogP contribution in [-0.4, -0.2) is 54.4 Å². The molecule has 1 aliphatic heterocycles. The van der Waals surface area contributed by atoms with Gasteiger partial charge in [0.15, 0.2) is 6.10 Å². The molecular formula is C23H30N2O3. The van der Waals surface area contributed by atoms with E-state index in [0.717, 1.165) is 32.4 Å². The summed E-state index contributed by atoms with van der Waals surface area (Å²) in [6.45, 7) is 1.89. The molecule has 1 heterocycles. The molecule has 5 heteroatoms. The molecule has 0 aromatic heterocycles. The van der Waals surface area contributed by atoms with Crippen LogP contribution in [0.1, 0.15) is 24.8 Å². The number of aliphatic hydroxyl groups excluding tert-OH is 1. The van der Waals surface area contributed by atoms with Crippen molar-refractivity contribution in [2.45, 2.75) is 44.0 Å². The number of carbonyl (C=O) groups is 1. The number of hydrogen-bond donors (Lipinski definition) is 2. The summed E-state index contributed by atoms with van der Waals surface area (Å²) in [6.07, 6.45) is 1.67. The molecule has 1 fully saturated rings. The number of nitrogens with one attached hydrogen (secondary N) is 1. The molecule has 1 amide bonds. The number of likely N-dealkylation sites (N-methyl/N-ethyl adjacent to an activating group) is 1. The maximum atomic E-state index is 12.5. The van der Waals surface area contributed by atoms with Crippen molar-refractivity contribution in [1.29, 1.82) is 0 Å². The number of amides is 1. The quantitative estimate of drug-likeness (QED) is 0.737. The Morgan fingerprint density at radius 2 is 1.75 bits per heavy atom. The number of carbonyl (C=O) groups excluding carboxylic acids is 1. The number of ether oxygens (including phenoxy) is 1. The highest BCUT2D eigenvalue weighted by molar-refractivity contribution is 5.94. The molecule has 2 N–H and O–H groups in total. The Hall–Kier alpha value is -2.21. The largest absolute Gasteiger partial charge is 0.390 e. The molecule has 3 unspecified atom stereocenters. The van der Waals surface area contributed by atoms with Gasteiger partial charge in [-0.1, -0.05) is 48.5 Å². The summed E-state index contributed by atoms with van der Waals surface area (Å²) in [5.74, 6) is -0.277. The minimum atomic E-state index is -0.811. The normalized spacial score (nSPS) is 22.2. The minimum Gasteiger partial charge on any atom is -0.390 e. The van der Waals surface area contributed by atoms with E-state index in [1.807, 2.05) is 36.4 Å². The molecule has 2 aromatic rings. The summed E-state index contributed by atoms with van der Waals surface area (Å²) in [5.41, 5.74) is 2.05. The fraction of sp³-hybridized carbons (Fsp3) is 0.435. The predicted octanol–water partition coefficient (Wildman–Crippen LogP) is 3.10. The predicted molar refractivity (Wildman–Crippen MR) is 111 cm³/mol. The summed E-state index contributed by atoms with van der Waals surface area (Å²) < 4.78 is 5.96. The summed E-state index contributed by atoms with van der Waals surface area (Å²) in [6, 6.07) is 19.7. The third-order valence-electron chi connectivity index (χ3n) is 5.23. The van der Waals surface area contributed by atoms with Crippen LogP contribution in [0.5, 0.6) is 0 Å². The van der Waals surface area contributed by atoms with E-state index < -0.39 is 12.2 Å². The van der Waals surface area contributed by atoms with Crippen molar-refractivity contribution in [3.63, 3.8) is 0 Å². The van der Waals surface area contributed by atoms with Crippen molar-refractivity contribution >= 4 is 11.6 Å². The van der Waals surface area contributed by atoms with Crippen LogP contribution in [0.2, 0.25) is 0 Å². The van der Waals surface area contributed by atoms with Crippen LogP contribution in [0, 0.1) is 0 Å². The first-order chi connectivity index (χ1) is 13.6. The van der Waals surface area contributed by atoms with Crippen LogP contribution < -0.4 is 5.32 Å². The minimum absolute atomic E-state index is 0.00546. The van der Waals surface area contributed by atoms with Crippen molar-refractivity contribution in [3.8, 4) is 0 Å². The second kappa shape index (κ2) is 10.4. The van der Waals surface area contributed by atoms with Crippen LogP contribution in [0.25, 0.3) is 0 Å². The van der Waals surface area contributed by atoms with Gasteiger partial charge in [-0.3, -0.25) is 4.79 Å². The van der Waals surface area contributed by atoms with Gasteiger partial charge >= 0.3 is 0 Å². The molecule has 2 aromatic carbocycles. The van der Waals surface area contributed by atoms with Gasteiger partial charge in [0.1, 0.15) is 0 Å². The number of nitrogens with zero attached hydrogens (tertiary/aromatic N) is 1. The fourth-order valence-electron chi connectivity index (χ4n) is 3.50. The number of rotatable bonds is 8. The highest BCUT2D eigenvalue weighted by Crippen LogP contribution is 2.23. The van der Waals surface area contributed by atoms with Gasteiger partial charge in [-0.2, -0.15) is 0 Å². The van der Waals surface area contributed by atoms with Gasteiger partial charge in [-0.05, 0) is 50.4 Å². The number of anilines is 1. The number of hydrogen-bond acceptors (Lipinski definition) is 4. The van der Waals surface area contributed by atoms with E-state index in [1.54, 1.807) is 0 Å². The number of aliphatic hydroxyl groups is 1. The Labute approximate surface area is 167 Å². The molecule has 1 aliphatic rings. The van der Waals surface area contributed by atoms with E-state index in [2.05, 4.69) is 41.5 Å². The standard InChI is InChI=1S/C23H30N2O3/c1-25(16-14-18-8-4-2-5-9-18)17-15-20-12-13-21(26)22(28-20)23(27)24-19-10-6-3-7-11-19/h2-11,20-22,26H,12-17H2,1H3,(H,24,27). The van der Waals surface area contributed by atoms with E-state index in [-0.39, 0.29) is 12.0 Å². The molecule has 3 atom stereocenters. The first-order valence-corrected chi connectivity index (χ1v) is 10.0. The third kappa shape index (κ3) is 6.16. The van der Waals surface area contributed by atoms with Crippen LogP contribution in [0.3, 0.4) is 0 Å². The Bertz CT molecular complexity index is 723. The molecule has 3 rings (SSSR count). The van der Waals surface area contributed by atoms with Gasteiger partial charge in [0.2, 0.25) is 0 Å². The van der Waals surface area contributed by atoms with Crippen molar-refractivity contribution < 1.29 is 14.6 Å². The van der Waals surface area contributed by atoms with Crippen molar-refractivity contribution in [2.24, 2.45) is 0 Å².